The van der Waals surface area contributed by atoms with E-state index in [9.17, 15) is 4.79 Å². The molecule has 0 spiro atoms. The van der Waals surface area contributed by atoms with Crippen molar-refractivity contribution >= 4 is 28.8 Å². The maximum absolute atomic E-state index is 11.9. The summed E-state index contributed by atoms with van der Waals surface area (Å²) >= 11 is 3.18. The third kappa shape index (κ3) is 5.41. The normalized spacial score (nSPS) is 15.8. The molecule has 0 bridgehead atoms. The molecule has 1 N–H and O–H groups in total. The van der Waals surface area contributed by atoms with E-state index in [0.717, 1.165) is 23.5 Å². The van der Waals surface area contributed by atoms with Gasteiger partial charge in [-0.15, -0.1) is 11.8 Å². The molecule has 1 amide bonds. The van der Waals surface area contributed by atoms with Gasteiger partial charge in [-0.25, -0.2) is 0 Å². The van der Waals surface area contributed by atoms with Gasteiger partial charge in [-0.3, -0.25) is 4.79 Å². The van der Waals surface area contributed by atoms with Crippen molar-refractivity contribution < 1.29 is 4.79 Å². The fourth-order valence-corrected chi connectivity index (χ4v) is 3.81. The van der Waals surface area contributed by atoms with Gasteiger partial charge in [0.1, 0.15) is 0 Å². The van der Waals surface area contributed by atoms with Crippen LogP contribution < -0.4 is 5.32 Å². The summed E-state index contributed by atoms with van der Waals surface area (Å²) in [7, 11) is 0. The largest absolute Gasteiger partial charge is 0.344 e. The molecule has 2 nitrogen and oxygen atoms in total. The lowest BCUT2D eigenvalue weighted by Crippen LogP contribution is -2.29. The molecule has 1 saturated carbocycles. The highest BCUT2D eigenvalue weighted by Crippen LogP contribution is 2.26. The van der Waals surface area contributed by atoms with Gasteiger partial charge in [-0.1, -0.05) is 26.7 Å². The zero-order valence-corrected chi connectivity index (χ0v) is 13.9. The number of carbonyl (C=O) groups is 1. The second-order valence-corrected chi connectivity index (χ2v) is 7.83. The minimum absolute atomic E-state index is 0.0829. The summed E-state index contributed by atoms with van der Waals surface area (Å²) in [5.74, 6) is 1.83. The Morgan fingerprint density at radius 1 is 1.20 bits per heavy atom. The molecule has 0 saturated heterocycles. The highest BCUT2D eigenvalue weighted by atomic mass is 32.2. The van der Waals surface area contributed by atoms with E-state index in [0.29, 0.717) is 12.0 Å². The summed E-state index contributed by atoms with van der Waals surface area (Å²) in [6, 6.07) is 8.70. The first kappa shape index (κ1) is 15.8. The van der Waals surface area contributed by atoms with Crippen LogP contribution in [-0.2, 0) is 0 Å². The van der Waals surface area contributed by atoms with Crippen LogP contribution >= 0.6 is 23.5 Å². The number of hydrogen-bond acceptors (Lipinski definition) is 3. The molecular formula is C16H23NOS2. The molecule has 20 heavy (non-hydrogen) atoms. The van der Waals surface area contributed by atoms with Crippen molar-refractivity contribution in [3.8, 4) is 0 Å². The predicted molar refractivity (Wildman–Crippen MR) is 88.6 cm³/mol. The van der Waals surface area contributed by atoms with E-state index in [1.54, 1.807) is 0 Å². The van der Waals surface area contributed by atoms with Crippen molar-refractivity contribution in [1.29, 1.82) is 0 Å². The molecule has 0 radical (unpaired) electrons. The molecule has 0 heterocycles. The van der Waals surface area contributed by atoms with Crippen LogP contribution in [0.2, 0.25) is 0 Å². The molecule has 0 aromatic heterocycles. The van der Waals surface area contributed by atoms with Gasteiger partial charge in [-0.2, -0.15) is 0 Å². The van der Waals surface area contributed by atoms with E-state index in [1.807, 2.05) is 23.9 Å². The number of thioether (sulfide) groups is 2. The Morgan fingerprint density at radius 2 is 1.80 bits per heavy atom. The quantitative estimate of drug-likeness (QED) is 0.760. The molecule has 1 fully saturated rings. The van der Waals surface area contributed by atoms with Gasteiger partial charge >= 0.3 is 0 Å². The van der Waals surface area contributed by atoms with Crippen molar-refractivity contribution in [2.45, 2.75) is 55.4 Å². The average molecular weight is 310 g/mol. The highest BCUT2D eigenvalue weighted by molar-refractivity contribution is 8.13. The van der Waals surface area contributed by atoms with Crippen LogP contribution in [0.5, 0.6) is 0 Å². The van der Waals surface area contributed by atoms with E-state index in [-0.39, 0.29) is 5.24 Å². The maximum atomic E-state index is 11.9. The van der Waals surface area contributed by atoms with Gasteiger partial charge < -0.3 is 5.32 Å². The molecular weight excluding hydrogens is 286 g/mol. The Bertz CT molecular complexity index is 425. The molecule has 0 unspecified atom stereocenters. The molecule has 2 rings (SSSR count). The number of nitrogens with one attached hydrogen (secondary N) is 1. The van der Waals surface area contributed by atoms with Crippen molar-refractivity contribution in [3.05, 3.63) is 24.3 Å². The summed E-state index contributed by atoms with van der Waals surface area (Å²) in [5, 5.41) is 3.18. The number of hydrogen-bond donors (Lipinski definition) is 1. The Hall–Kier alpha value is -0.610. The molecule has 1 aromatic rings. The Balaban J connectivity index is 1.78. The van der Waals surface area contributed by atoms with Crippen molar-refractivity contribution in [2.75, 3.05) is 5.75 Å². The summed E-state index contributed by atoms with van der Waals surface area (Å²) < 4.78 is 0. The molecule has 0 atom stereocenters. The van der Waals surface area contributed by atoms with Crippen LogP contribution in [0.1, 0.15) is 39.5 Å². The Labute approximate surface area is 130 Å². The van der Waals surface area contributed by atoms with Gasteiger partial charge in [0.15, 0.2) is 0 Å². The zero-order chi connectivity index (χ0) is 14.4. The minimum Gasteiger partial charge on any atom is -0.344 e. The first-order valence-corrected chi connectivity index (χ1v) is 9.15. The third-order valence-electron chi connectivity index (χ3n) is 3.29. The SMILES string of the molecule is CC(C)CSc1ccc(SC(=O)NC2CCCC2)cc1. The number of rotatable bonds is 5. The molecule has 110 valence electrons. The third-order valence-corrected chi connectivity index (χ3v) is 5.54. The summed E-state index contributed by atoms with van der Waals surface area (Å²) in [5.41, 5.74) is 0. The van der Waals surface area contributed by atoms with E-state index in [4.69, 9.17) is 0 Å². The topological polar surface area (TPSA) is 29.1 Å². The summed E-state index contributed by atoms with van der Waals surface area (Å²) in [6.07, 6.45) is 4.77. The van der Waals surface area contributed by atoms with E-state index in [1.165, 1.54) is 29.5 Å². The lowest BCUT2D eigenvalue weighted by Gasteiger charge is -2.11. The van der Waals surface area contributed by atoms with Gasteiger partial charge in [-0.05, 0) is 54.8 Å². The van der Waals surface area contributed by atoms with Crippen LogP contribution in [0.15, 0.2) is 34.1 Å². The lowest BCUT2D eigenvalue weighted by atomic mass is 10.3. The monoisotopic (exact) mass is 309 g/mol. The van der Waals surface area contributed by atoms with Crippen LogP contribution in [0.4, 0.5) is 4.79 Å². The fraction of sp³-hybridized carbons (Fsp3) is 0.562. The second-order valence-electron chi connectivity index (χ2n) is 5.69. The lowest BCUT2D eigenvalue weighted by molar-refractivity contribution is 0.257. The number of benzene rings is 1. The maximum Gasteiger partial charge on any atom is 0.284 e. The van der Waals surface area contributed by atoms with E-state index in [2.05, 4.69) is 31.3 Å². The molecule has 0 aliphatic heterocycles. The van der Waals surface area contributed by atoms with Crippen molar-refractivity contribution in [3.63, 3.8) is 0 Å². The number of carbonyl (C=O) groups excluding carboxylic acids is 1. The van der Waals surface area contributed by atoms with E-state index >= 15 is 0 Å². The molecule has 4 heteroatoms. The fourth-order valence-electron chi connectivity index (χ4n) is 2.24. The second kappa shape index (κ2) is 7.99. The van der Waals surface area contributed by atoms with Gasteiger partial charge in [0.2, 0.25) is 0 Å². The molecule has 1 aliphatic rings. The zero-order valence-electron chi connectivity index (χ0n) is 12.2. The molecule has 1 aromatic carbocycles. The van der Waals surface area contributed by atoms with Crippen LogP contribution in [-0.4, -0.2) is 17.0 Å². The Morgan fingerprint density at radius 3 is 2.40 bits per heavy atom. The van der Waals surface area contributed by atoms with Crippen molar-refractivity contribution in [2.24, 2.45) is 5.92 Å². The first-order valence-electron chi connectivity index (χ1n) is 7.34. The number of amides is 1. The summed E-state index contributed by atoms with van der Waals surface area (Å²) in [4.78, 5) is 14.2. The van der Waals surface area contributed by atoms with Gasteiger partial charge in [0.25, 0.3) is 5.24 Å². The molecule has 1 aliphatic carbocycles. The van der Waals surface area contributed by atoms with E-state index < -0.39 is 0 Å². The smallest absolute Gasteiger partial charge is 0.284 e. The first-order chi connectivity index (χ1) is 9.63. The minimum atomic E-state index is 0.0829. The summed E-state index contributed by atoms with van der Waals surface area (Å²) in [6.45, 7) is 4.45. The van der Waals surface area contributed by atoms with Crippen LogP contribution in [0.25, 0.3) is 0 Å². The van der Waals surface area contributed by atoms with Crippen LogP contribution in [0, 0.1) is 5.92 Å². The van der Waals surface area contributed by atoms with Gasteiger partial charge in [0.05, 0.1) is 0 Å². The average Bonchev–Trinajstić information content (AvgIpc) is 2.90. The van der Waals surface area contributed by atoms with Crippen LogP contribution in [0.3, 0.4) is 0 Å². The van der Waals surface area contributed by atoms with Crippen molar-refractivity contribution in [1.82, 2.24) is 5.32 Å². The highest BCUT2D eigenvalue weighted by Gasteiger charge is 2.17. The Kier molecular flexibility index (Phi) is 6.30. The standard InChI is InChI=1S/C16H23NOS2/c1-12(2)11-19-14-7-9-15(10-8-14)20-16(18)17-13-5-3-4-6-13/h7-10,12-13H,3-6,11H2,1-2H3,(H,17,18). The predicted octanol–water partition coefficient (Wildman–Crippen LogP) is 5.18. The van der Waals surface area contributed by atoms with Gasteiger partial charge in [0, 0.05) is 21.6 Å².